The van der Waals surface area contributed by atoms with Crippen molar-refractivity contribution in [2.75, 3.05) is 25.1 Å². The maximum absolute atomic E-state index is 12.1. The van der Waals surface area contributed by atoms with Crippen molar-refractivity contribution >= 4 is 47.7 Å². The van der Waals surface area contributed by atoms with Gasteiger partial charge >= 0.3 is 0 Å². The molecule has 0 bridgehead atoms. The molecule has 2 heterocycles. The molecule has 0 aliphatic carbocycles. The van der Waals surface area contributed by atoms with Crippen LogP contribution in [0.25, 0.3) is 0 Å². The third kappa shape index (κ3) is 7.17. The van der Waals surface area contributed by atoms with Crippen molar-refractivity contribution in [1.29, 1.82) is 0 Å². The first-order valence-electron chi connectivity index (χ1n) is 7.50. The fourth-order valence-electron chi connectivity index (χ4n) is 2.32. The average molecular weight is 406 g/mol. The van der Waals surface area contributed by atoms with Crippen molar-refractivity contribution in [3.8, 4) is 5.75 Å². The first-order chi connectivity index (χ1) is 11.3. The van der Waals surface area contributed by atoms with Gasteiger partial charge in [-0.1, -0.05) is 6.07 Å². The molecule has 0 spiro atoms. The lowest BCUT2D eigenvalue weighted by Gasteiger charge is -2.23. The molecule has 9 heteroatoms. The smallest absolute Gasteiger partial charge is 0.226 e. The second-order valence-electron chi connectivity index (χ2n) is 5.27. The summed E-state index contributed by atoms with van der Waals surface area (Å²) >= 11 is 1.54. The molecule has 0 saturated carbocycles. The molecule has 1 unspecified atom stereocenters. The van der Waals surface area contributed by atoms with Gasteiger partial charge in [-0.25, -0.2) is 4.98 Å². The number of nitrogens with zero attached hydrogens (tertiary/aromatic N) is 1. The van der Waals surface area contributed by atoms with Crippen LogP contribution >= 0.6 is 36.2 Å². The Balaban J connectivity index is 0.00000156. The van der Waals surface area contributed by atoms with E-state index in [1.165, 1.54) is 11.3 Å². The fourth-order valence-corrected chi connectivity index (χ4v) is 2.86. The number of thiazole rings is 1. The van der Waals surface area contributed by atoms with Crippen molar-refractivity contribution in [3.05, 3.63) is 40.8 Å². The number of carbonyl (C=O) groups is 1. The highest BCUT2D eigenvalue weighted by Crippen LogP contribution is 2.19. The number of hydrogen-bond acceptors (Lipinski definition) is 6. The second-order valence-corrected chi connectivity index (χ2v) is 5.99. The summed E-state index contributed by atoms with van der Waals surface area (Å²) in [6, 6.07) is 7.45. The summed E-state index contributed by atoms with van der Waals surface area (Å²) in [7, 11) is 0. The quantitative estimate of drug-likeness (QED) is 0.772. The molecule has 1 atom stereocenters. The van der Waals surface area contributed by atoms with E-state index in [1.54, 1.807) is 5.51 Å². The molecule has 2 aromatic rings. The molecule has 2 N–H and O–H groups in total. The molecule has 1 aliphatic rings. The summed E-state index contributed by atoms with van der Waals surface area (Å²) in [5.41, 5.74) is 3.40. The third-order valence-electron chi connectivity index (χ3n) is 3.42. The number of benzene rings is 1. The van der Waals surface area contributed by atoms with Crippen molar-refractivity contribution in [3.63, 3.8) is 0 Å². The number of nitrogens with one attached hydrogen (secondary N) is 2. The normalized spacial score (nSPS) is 16.2. The predicted molar refractivity (Wildman–Crippen MR) is 103 cm³/mol. The molecular formula is C16H21Cl2N3O3S. The highest BCUT2D eigenvalue weighted by atomic mass is 35.5. The third-order valence-corrected chi connectivity index (χ3v) is 4.05. The van der Waals surface area contributed by atoms with Crippen LogP contribution in [0.2, 0.25) is 0 Å². The Labute approximate surface area is 163 Å². The minimum Gasteiger partial charge on any atom is -0.487 e. The Hall–Kier alpha value is -1.38. The van der Waals surface area contributed by atoms with Gasteiger partial charge in [-0.3, -0.25) is 4.79 Å². The molecule has 0 radical (unpaired) electrons. The van der Waals surface area contributed by atoms with Crippen molar-refractivity contribution in [1.82, 2.24) is 10.3 Å². The molecule has 1 aromatic carbocycles. The lowest BCUT2D eigenvalue weighted by Crippen LogP contribution is -2.43. The zero-order valence-electron chi connectivity index (χ0n) is 13.5. The first kappa shape index (κ1) is 21.7. The van der Waals surface area contributed by atoms with Gasteiger partial charge in [0.2, 0.25) is 5.91 Å². The lowest BCUT2D eigenvalue weighted by molar-refractivity contribution is -0.117. The predicted octanol–water partition coefficient (Wildman–Crippen LogP) is 2.88. The maximum atomic E-state index is 12.1. The Morgan fingerprint density at radius 2 is 2.32 bits per heavy atom. The monoisotopic (exact) mass is 405 g/mol. The van der Waals surface area contributed by atoms with Crippen LogP contribution in [0.3, 0.4) is 0 Å². The maximum Gasteiger partial charge on any atom is 0.226 e. The summed E-state index contributed by atoms with van der Waals surface area (Å²) in [5, 5.41) is 8.11. The summed E-state index contributed by atoms with van der Waals surface area (Å²) in [4.78, 5) is 16.3. The number of anilines is 1. The van der Waals surface area contributed by atoms with Crippen molar-refractivity contribution in [2.24, 2.45) is 0 Å². The number of rotatable bonds is 6. The van der Waals surface area contributed by atoms with Crippen LogP contribution in [-0.4, -0.2) is 36.7 Å². The van der Waals surface area contributed by atoms with Gasteiger partial charge in [0.15, 0.2) is 0 Å². The van der Waals surface area contributed by atoms with Gasteiger partial charge in [0, 0.05) is 36.1 Å². The van der Waals surface area contributed by atoms with Crippen LogP contribution in [0.4, 0.5) is 5.69 Å². The van der Waals surface area contributed by atoms with Gasteiger partial charge in [-0.05, 0) is 12.1 Å². The molecule has 25 heavy (non-hydrogen) atoms. The van der Waals surface area contributed by atoms with Gasteiger partial charge in [0.25, 0.3) is 0 Å². The molecular weight excluding hydrogens is 385 g/mol. The van der Waals surface area contributed by atoms with E-state index in [1.807, 2.05) is 29.6 Å². The number of morpholine rings is 1. The molecule has 6 nitrogen and oxygen atoms in total. The molecule has 1 aromatic heterocycles. The average Bonchev–Trinajstić information content (AvgIpc) is 3.07. The van der Waals surface area contributed by atoms with E-state index in [0.717, 1.165) is 17.9 Å². The Bertz CT molecular complexity index is 637. The first-order valence-corrected chi connectivity index (χ1v) is 8.45. The standard InChI is InChI=1S/C16H19N3O3S.2ClH/c20-16(7-13-8-21-5-4-17-13)19-12-2-1-3-15(6-12)22-9-14-10-23-11-18-14;;/h1-3,6,10-11,13,17H,4-5,7-9H2,(H,19,20);2*1H. The summed E-state index contributed by atoms with van der Waals surface area (Å²) in [6.45, 7) is 2.49. The Morgan fingerprint density at radius 3 is 3.04 bits per heavy atom. The molecule has 1 aliphatic heterocycles. The molecule has 138 valence electrons. The van der Waals surface area contributed by atoms with Crippen LogP contribution in [0, 0.1) is 0 Å². The van der Waals surface area contributed by atoms with Gasteiger partial charge in [-0.15, -0.1) is 36.2 Å². The zero-order chi connectivity index (χ0) is 15.9. The Morgan fingerprint density at radius 1 is 1.44 bits per heavy atom. The van der Waals surface area contributed by atoms with Crippen LogP contribution < -0.4 is 15.4 Å². The largest absolute Gasteiger partial charge is 0.487 e. The second kappa shape index (κ2) is 11.3. The van der Waals surface area contributed by atoms with E-state index in [-0.39, 0.29) is 36.8 Å². The highest BCUT2D eigenvalue weighted by Gasteiger charge is 2.16. The fraction of sp³-hybridized carbons (Fsp3) is 0.375. The number of ether oxygens (including phenoxy) is 2. The van der Waals surface area contributed by atoms with Crippen molar-refractivity contribution < 1.29 is 14.3 Å². The zero-order valence-corrected chi connectivity index (χ0v) is 15.9. The number of amides is 1. The van der Waals surface area contributed by atoms with E-state index in [4.69, 9.17) is 9.47 Å². The van der Waals surface area contributed by atoms with Gasteiger partial charge in [0.05, 0.1) is 24.4 Å². The number of hydrogen-bond donors (Lipinski definition) is 2. The van der Waals surface area contributed by atoms with E-state index in [2.05, 4.69) is 15.6 Å². The highest BCUT2D eigenvalue weighted by molar-refractivity contribution is 7.07. The number of carbonyl (C=O) groups excluding carboxylic acids is 1. The van der Waals surface area contributed by atoms with Crippen LogP contribution in [0.5, 0.6) is 5.75 Å². The molecule has 1 fully saturated rings. The Kier molecular flexibility index (Phi) is 9.77. The minimum atomic E-state index is -0.0374. The SMILES string of the molecule is Cl.Cl.O=C(CC1COCCN1)Nc1cccc(OCc2cscn2)c1. The topological polar surface area (TPSA) is 72.5 Å². The van der Waals surface area contributed by atoms with Gasteiger partial charge in [0.1, 0.15) is 12.4 Å². The summed E-state index contributed by atoms with van der Waals surface area (Å²) in [6.07, 6.45) is 0.393. The van der Waals surface area contributed by atoms with Crippen molar-refractivity contribution in [2.45, 2.75) is 19.1 Å². The van der Waals surface area contributed by atoms with E-state index < -0.39 is 0 Å². The molecule has 3 rings (SSSR count). The van der Waals surface area contributed by atoms with Crippen LogP contribution in [0.1, 0.15) is 12.1 Å². The number of halogens is 2. The van der Waals surface area contributed by atoms with E-state index >= 15 is 0 Å². The molecule has 1 amide bonds. The van der Waals surface area contributed by atoms with Gasteiger partial charge < -0.3 is 20.1 Å². The lowest BCUT2D eigenvalue weighted by atomic mass is 10.2. The molecule has 1 saturated heterocycles. The van der Waals surface area contributed by atoms with E-state index in [9.17, 15) is 4.79 Å². The number of aromatic nitrogens is 1. The minimum absolute atomic E-state index is 0. The summed E-state index contributed by atoms with van der Waals surface area (Å²) < 4.78 is 11.0. The van der Waals surface area contributed by atoms with E-state index in [0.29, 0.717) is 32.0 Å². The van der Waals surface area contributed by atoms with Gasteiger partial charge in [-0.2, -0.15) is 0 Å². The summed E-state index contributed by atoms with van der Waals surface area (Å²) in [5.74, 6) is 0.666. The van der Waals surface area contributed by atoms with Crippen LogP contribution in [-0.2, 0) is 16.1 Å². The van der Waals surface area contributed by atoms with Crippen LogP contribution in [0.15, 0.2) is 35.2 Å².